The number of carbonyl (C=O) groups is 3. The van der Waals surface area contributed by atoms with Crippen molar-refractivity contribution in [1.29, 1.82) is 5.26 Å². The molecule has 0 saturated carbocycles. The van der Waals surface area contributed by atoms with E-state index in [1.165, 1.54) is 6.07 Å². The summed E-state index contributed by atoms with van der Waals surface area (Å²) < 4.78 is 5.10. The molecule has 2 aromatic carbocycles. The van der Waals surface area contributed by atoms with E-state index in [0.29, 0.717) is 11.3 Å². The third kappa shape index (κ3) is 4.99. The molecular weight excluding hydrogens is 370 g/mol. The molecule has 2 amide bonds. The molecule has 1 saturated heterocycles. The van der Waals surface area contributed by atoms with Crippen LogP contribution in [0.3, 0.4) is 0 Å². The van der Waals surface area contributed by atoms with Gasteiger partial charge in [-0.2, -0.15) is 5.26 Å². The van der Waals surface area contributed by atoms with Gasteiger partial charge in [0.2, 0.25) is 5.91 Å². The van der Waals surface area contributed by atoms with Crippen LogP contribution in [-0.2, 0) is 19.1 Å². The highest BCUT2D eigenvalue weighted by Gasteiger charge is 2.38. The minimum absolute atomic E-state index is 0.0713. The summed E-state index contributed by atoms with van der Waals surface area (Å²) in [5, 5.41) is 11.5. The monoisotopic (exact) mass is 391 g/mol. The van der Waals surface area contributed by atoms with Gasteiger partial charge >= 0.3 is 5.97 Å². The van der Waals surface area contributed by atoms with E-state index in [4.69, 9.17) is 10.00 Å². The molecule has 7 heteroatoms. The first-order valence-corrected chi connectivity index (χ1v) is 9.29. The summed E-state index contributed by atoms with van der Waals surface area (Å²) in [7, 11) is 0. The first kappa shape index (κ1) is 20.1. The minimum Gasteiger partial charge on any atom is -0.455 e. The zero-order chi connectivity index (χ0) is 20.8. The average molecular weight is 391 g/mol. The number of anilines is 1. The molecule has 0 bridgehead atoms. The maximum atomic E-state index is 12.4. The van der Waals surface area contributed by atoms with Gasteiger partial charge in [-0.3, -0.25) is 14.4 Å². The second-order valence-electron chi connectivity index (χ2n) is 6.88. The standard InChI is InChI=1S/C22H21N3O4/c1-15(17-7-3-2-4-8-17)25-13-18(11-21(25)27)22(28)29-14-20(26)24-19-9-5-6-16(10-19)12-23/h2-10,15,18H,11,13-14H2,1H3,(H,24,26)/t15-,18-/m0/s1. The lowest BCUT2D eigenvalue weighted by molar-refractivity contribution is -0.151. The molecule has 2 atom stereocenters. The van der Waals surface area contributed by atoms with Crippen molar-refractivity contribution in [3.63, 3.8) is 0 Å². The van der Waals surface area contributed by atoms with Gasteiger partial charge in [-0.05, 0) is 30.7 Å². The fourth-order valence-electron chi connectivity index (χ4n) is 3.29. The fraction of sp³-hybridized carbons (Fsp3) is 0.273. The second-order valence-corrected chi connectivity index (χ2v) is 6.88. The highest BCUT2D eigenvalue weighted by atomic mass is 16.5. The van der Waals surface area contributed by atoms with Crippen molar-refractivity contribution in [3.05, 3.63) is 65.7 Å². The molecule has 7 nitrogen and oxygen atoms in total. The number of rotatable bonds is 6. The molecule has 1 aliphatic rings. The Morgan fingerprint density at radius 3 is 2.72 bits per heavy atom. The number of ether oxygens (including phenoxy) is 1. The van der Waals surface area contributed by atoms with Crippen molar-refractivity contribution < 1.29 is 19.1 Å². The van der Waals surface area contributed by atoms with Gasteiger partial charge in [0, 0.05) is 18.7 Å². The van der Waals surface area contributed by atoms with Crippen LogP contribution in [-0.4, -0.2) is 35.8 Å². The highest BCUT2D eigenvalue weighted by Crippen LogP contribution is 2.29. The summed E-state index contributed by atoms with van der Waals surface area (Å²) in [6.07, 6.45) is 0.0713. The summed E-state index contributed by atoms with van der Waals surface area (Å²) in [5.41, 5.74) is 1.86. The second kappa shape index (κ2) is 9.02. The minimum atomic E-state index is -0.594. The summed E-state index contributed by atoms with van der Waals surface area (Å²) >= 11 is 0. The normalized spacial score (nSPS) is 16.8. The lowest BCUT2D eigenvalue weighted by Crippen LogP contribution is -2.30. The molecule has 0 aromatic heterocycles. The maximum Gasteiger partial charge on any atom is 0.311 e. The Morgan fingerprint density at radius 2 is 2.00 bits per heavy atom. The summed E-state index contributed by atoms with van der Waals surface area (Å²) in [4.78, 5) is 38.4. The molecule has 3 rings (SSSR count). The summed E-state index contributed by atoms with van der Waals surface area (Å²) in [6.45, 7) is 1.73. The number of benzene rings is 2. The third-order valence-corrected chi connectivity index (χ3v) is 4.86. The molecular formula is C22H21N3O4. The quantitative estimate of drug-likeness (QED) is 0.763. The van der Waals surface area contributed by atoms with Crippen LogP contribution in [0.1, 0.15) is 30.5 Å². The molecule has 29 heavy (non-hydrogen) atoms. The molecule has 0 unspecified atom stereocenters. The van der Waals surface area contributed by atoms with E-state index in [-0.39, 0.29) is 24.9 Å². The number of nitriles is 1. The van der Waals surface area contributed by atoms with Crippen LogP contribution in [0.25, 0.3) is 0 Å². The number of hydrogen-bond donors (Lipinski definition) is 1. The van der Waals surface area contributed by atoms with E-state index in [9.17, 15) is 14.4 Å². The van der Waals surface area contributed by atoms with Gasteiger partial charge in [0.15, 0.2) is 6.61 Å². The number of carbonyl (C=O) groups excluding carboxylic acids is 3. The van der Waals surface area contributed by atoms with Gasteiger partial charge in [-0.25, -0.2) is 0 Å². The van der Waals surface area contributed by atoms with Crippen LogP contribution in [0.2, 0.25) is 0 Å². The Labute approximate surface area is 168 Å². The lowest BCUT2D eigenvalue weighted by Gasteiger charge is -2.25. The lowest BCUT2D eigenvalue weighted by atomic mass is 10.1. The maximum absolute atomic E-state index is 12.4. The first-order valence-electron chi connectivity index (χ1n) is 9.29. The van der Waals surface area contributed by atoms with Crippen LogP contribution in [0.15, 0.2) is 54.6 Å². The van der Waals surface area contributed by atoms with Crippen LogP contribution >= 0.6 is 0 Å². The topological polar surface area (TPSA) is 99.5 Å². The molecule has 1 fully saturated rings. The van der Waals surface area contributed by atoms with Crippen LogP contribution in [0.5, 0.6) is 0 Å². The Morgan fingerprint density at radius 1 is 1.24 bits per heavy atom. The third-order valence-electron chi connectivity index (χ3n) is 4.86. The van der Waals surface area contributed by atoms with Gasteiger partial charge < -0.3 is 15.0 Å². The predicted molar refractivity (Wildman–Crippen MR) is 105 cm³/mol. The Kier molecular flexibility index (Phi) is 6.25. The van der Waals surface area contributed by atoms with Crippen molar-refractivity contribution >= 4 is 23.5 Å². The Hall–Kier alpha value is -3.66. The summed E-state index contributed by atoms with van der Waals surface area (Å²) in [6, 6.07) is 17.9. The van der Waals surface area contributed by atoms with E-state index >= 15 is 0 Å². The Balaban J connectivity index is 1.51. The number of esters is 1. The van der Waals surface area contributed by atoms with Crippen molar-refractivity contribution in [2.45, 2.75) is 19.4 Å². The molecule has 148 valence electrons. The van der Waals surface area contributed by atoms with Crippen LogP contribution in [0, 0.1) is 17.2 Å². The van der Waals surface area contributed by atoms with E-state index in [1.54, 1.807) is 23.1 Å². The Bertz CT molecular complexity index is 952. The molecule has 1 heterocycles. The van der Waals surface area contributed by atoms with E-state index < -0.39 is 24.4 Å². The van der Waals surface area contributed by atoms with Gasteiger partial charge in [-0.1, -0.05) is 36.4 Å². The predicted octanol–water partition coefficient (Wildman–Crippen LogP) is 2.65. The van der Waals surface area contributed by atoms with Crippen molar-refractivity contribution in [3.8, 4) is 6.07 Å². The van der Waals surface area contributed by atoms with Crippen LogP contribution in [0.4, 0.5) is 5.69 Å². The molecule has 0 spiro atoms. The number of amides is 2. The van der Waals surface area contributed by atoms with Gasteiger partial charge in [-0.15, -0.1) is 0 Å². The van der Waals surface area contributed by atoms with E-state index in [1.807, 2.05) is 43.3 Å². The smallest absolute Gasteiger partial charge is 0.311 e. The van der Waals surface area contributed by atoms with Gasteiger partial charge in [0.1, 0.15) is 0 Å². The largest absolute Gasteiger partial charge is 0.455 e. The SMILES string of the molecule is C[C@@H](c1ccccc1)N1C[C@@H](C(=O)OCC(=O)Nc2cccc(C#N)c2)CC1=O. The number of likely N-dealkylation sites (tertiary alicyclic amines) is 1. The van der Waals surface area contributed by atoms with Gasteiger partial charge in [0.05, 0.1) is 23.6 Å². The highest BCUT2D eigenvalue weighted by molar-refractivity contribution is 5.93. The molecule has 0 radical (unpaired) electrons. The molecule has 2 aromatic rings. The molecule has 0 aliphatic carbocycles. The zero-order valence-corrected chi connectivity index (χ0v) is 16.0. The fourth-order valence-corrected chi connectivity index (χ4v) is 3.29. The first-order chi connectivity index (χ1) is 14.0. The van der Waals surface area contributed by atoms with Gasteiger partial charge in [0.25, 0.3) is 5.91 Å². The average Bonchev–Trinajstić information content (AvgIpc) is 3.14. The molecule has 1 aliphatic heterocycles. The van der Waals surface area contributed by atoms with Crippen molar-refractivity contribution in [2.24, 2.45) is 5.92 Å². The number of nitrogens with one attached hydrogen (secondary N) is 1. The van der Waals surface area contributed by atoms with Crippen molar-refractivity contribution in [1.82, 2.24) is 4.90 Å². The van der Waals surface area contributed by atoms with E-state index in [2.05, 4.69) is 5.32 Å². The zero-order valence-electron chi connectivity index (χ0n) is 16.0. The number of hydrogen-bond acceptors (Lipinski definition) is 5. The summed E-state index contributed by atoms with van der Waals surface area (Å²) in [5.74, 6) is -1.78. The van der Waals surface area contributed by atoms with E-state index in [0.717, 1.165) is 5.56 Å². The molecule has 1 N–H and O–H groups in total. The van der Waals surface area contributed by atoms with Crippen molar-refractivity contribution in [2.75, 3.05) is 18.5 Å². The number of nitrogens with zero attached hydrogens (tertiary/aromatic N) is 2. The van der Waals surface area contributed by atoms with Crippen LogP contribution < -0.4 is 5.32 Å².